The number of rotatable bonds is 3. The van der Waals surface area contributed by atoms with Gasteiger partial charge in [0.1, 0.15) is 0 Å². The molecule has 0 spiro atoms. The highest BCUT2D eigenvalue weighted by Crippen LogP contribution is 2.16. The van der Waals surface area contributed by atoms with E-state index in [0.717, 1.165) is 19.4 Å². The summed E-state index contributed by atoms with van der Waals surface area (Å²) >= 11 is 0. The van der Waals surface area contributed by atoms with Crippen molar-refractivity contribution in [1.29, 1.82) is 0 Å². The van der Waals surface area contributed by atoms with E-state index in [2.05, 4.69) is 6.92 Å². The molecule has 0 aliphatic carbocycles. The highest BCUT2D eigenvalue weighted by atomic mass is 16.5. The number of nitrogens with two attached hydrogens (primary N) is 1. The average Bonchev–Trinajstić information content (AvgIpc) is 2.34. The van der Waals surface area contributed by atoms with Crippen molar-refractivity contribution in [3.05, 3.63) is 0 Å². The predicted octanol–water partition coefficient (Wildman–Crippen LogP) is 1.29. The Morgan fingerprint density at radius 2 is 2.50 bits per heavy atom. The molecule has 0 unspecified atom stereocenters. The van der Waals surface area contributed by atoms with Gasteiger partial charge in [-0.15, -0.1) is 0 Å². The van der Waals surface area contributed by atoms with Crippen molar-refractivity contribution in [3.8, 4) is 0 Å². The van der Waals surface area contributed by atoms with Crippen LogP contribution < -0.4 is 5.73 Å². The Bertz CT molecular complexity index is 87.3. The lowest BCUT2D eigenvalue weighted by molar-refractivity contribution is 0.101. The van der Waals surface area contributed by atoms with Gasteiger partial charge in [-0.2, -0.15) is 0 Å². The Labute approximate surface area is 62.7 Å². The van der Waals surface area contributed by atoms with E-state index in [1.807, 2.05) is 0 Å². The molecule has 0 bridgehead atoms. The maximum absolute atomic E-state index is 5.61. The summed E-state index contributed by atoms with van der Waals surface area (Å²) in [5.41, 5.74) is 5.61. The zero-order valence-corrected chi connectivity index (χ0v) is 6.68. The predicted molar refractivity (Wildman–Crippen MR) is 41.9 cm³/mol. The zero-order chi connectivity index (χ0) is 7.40. The van der Waals surface area contributed by atoms with Gasteiger partial charge in [-0.25, -0.2) is 0 Å². The Morgan fingerprint density at radius 1 is 1.70 bits per heavy atom. The quantitative estimate of drug-likeness (QED) is 0.646. The van der Waals surface area contributed by atoms with E-state index in [1.54, 1.807) is 0 Å². The SMILES string of the molecule is C[C@@H](N)CC[C@H]1CCCO1. The first-order valence-corrected chi connectivity index (χ1v) is 4.16. The standard InChI is InChI=1S/C8H17NO/c1-7(9)4-5-8-3-2-6-10-8/h7-8H,2-6,9H2,1H3/t7-,8-/m1/s1. The van der Waals surface area contributed by atoms with Crippen molar-refractivity contribution < 1.29 is 4.74 Å². The van der Waals surface area contributed by atoms with Crippen LogP contribution in [0.4, 0.5) is 0 Å². The minimum Gasteiger partial charge on any atom is -0.378 e. The normalized spacial score (nSPS) is 28.8. The molecule has 0 aromatic carbocycles. The average molecular weight is 143 g/mol. The Kier molecular flexibility index (Phi) is 3.16. The van der Waals surface area contributed by atoms with Crippen molar-refractivity contribution in [3.63, 3.8) is 0 Å². The van der Waals surface area contributed by atoms with E-state index in [9.17, 15) is 0 Å². The molecule has 0 amide bonds. The van der Waals surface area contributed by atoms with Gasteiger partial charge >= 0.3 is 0 Å². The summed E-state index contributed by atoms with van der Waals surface area (Å²) in [6.45, 7) is 3.01. The molecule has 1 fully saturated rings. The molecule has 0 aromatic heterocycles. The highest BCUT2D eigenvalue weighted by molar-refractivity contribution is 4.66. The van der Waals surface area contributed by atoms with E-state index in [0.29, 0.717) is 12.1 Å². The largest absolute Gasteiger partial charge is 0.378 e. The smallest absolute Gasteiger partial charge is 0.0576 e. The second-order valence-corrected chi connectivity index (χ2v) is 3.19. The first-order valence-electron chi connectivity index (χ1n) is 4.16. The third kappa shape index (κ3) is 2.67. The van der Waals surface area contributed by atoms with Crippen molar-refractivity contribution in [2.45, 2.75) is 44.8 Å². The van der Waals surface area contributed by atoms with E-state index in [4.69, 9.17) is 10.5 Å². The summed E-state index contributed by atoms with van der Waals surface area (Å²) in [5, 5.41) is 0. The molecule has 1 saturated heterocycles. The Balaban J connectivity index is 2.01. The van der Waals surface area contributed by atoms with Gasteiger partial charge in [0.15, 0.2) is 0 Å². The third-order valence-electron chi connectivity index (χ3n) is 1.97. The number of ether oxygens (including phenoxy) is 1. The molecule has 10 heavy (non-hydrogen) atoms. The molecular formula is C8H17NO. The fraction of sp³-hybridized carbons (Fsp3) is 1.00. The summed E-state index contributed by atoms with van der Waals surface area (Å²) in [6, 6.07) is 0.337. The maximum Gasteiger partial charge on any atom is 0.0576 e. The van der Waals surface area contributed by atoms with Crippen LogP contribution in [0.5, 0.6) is 0 Å². The molecule has 0 radical (unpaired) electrons. The van der Waals surface area contributed by atoms with Gasteiger partial charge in [-0.1, -0.05) is 0 Å². The lowest BCUT2D eigenvalue weighted by Crippen LogP contribution is -2.17. The van der Waals surface area contributed by atoms with E-state index in [-0.39, 0.29) is 0 Å². The number of hydrogen-bond acceptors (Lipinski definition) is 2. The van der Waals surface area contributed by atoms with Gasteiger partial charge in [0.25, 0.3) is 0 Å². The first kappa shape index (κ1) is 8.02. The van der Waals surface area contributed by atoms with Crippen LogP contribution in [-0.2, 0) is 4.74 Å². The first-order chi connectivity index (χ1) is 4.79. The maximum atomic E-state index is 5.61. The van der Waals surface area contributed by atoms with Gasteiger partial charge in [0.2, 0.25) is 0 Å². The molecule has 2 nitrogen and oxygen atoms in total. The third-order valence-corrected chi connectivity index (χ3v) is 1.97. The molecule has 0 saturated carbocycles. The lowest BCUT2D eigenvalue weighted by atomic mass is 10.1. The second kappa shape index (κ2) is 3.94. The molecule has 1 heterocycles. The molecule has 0 aromatic rings. The Hall–Kier alpha value is -0.0800. The molecule has 60 valence electrons. The summed E-state index contributed by atoms with van der Waals surface area (Å²) < 4.78 is 5.45. The van der Waals surface area contributed by atoms with Crippen LogP contribution in [0.15, 0.2) is 0 Å². The molecule has 2 N–H and O–H groups in total. The van der Waals surface area contributed by atoms with E-state index in [1.165, 1.54) is 12.8 Å². The fourth-order valence-corrected chi connectivity index (χ4v) is 1.32. The van der Waals surface area contributed by atoms with Gasteiger partial charge in [-0.05, 0) is 32.6 Å². The highest BCUT2D eigenvalue weighted by Gasteiger charge is 2.14. The van der Waals surface area contributed by atoms with Crippen molar-refractivity contribution in [1.82, 2.24) is 0 Å². The molecular weight excluding hydrogens is 126 g/mol. The lowest BCUT2D eigenvalue weighted by Gasteiger charge is -2.10. The molecule has 2 heteroatoms. The van der Waals surface area contributed by atoms with Gasteiger partial charge < -0.3 is 10.5 Å². The summed E-state index contributed by atoms with van der Waals surface area (Å²) in [7, 11) is 0. The summed E-state index contributed by atoms with van der Waals surface area (Å²) in [5.74, 6) is 0. The van der Waals surface area contributed by atoms with Gasteiger partial charge in [-0.3, -0.25) is 0 Å². The van der Waals surface area contributed by atoms with Crippen LogP contribution in [0.1, 0.15) is 32.6 Å². The second-order valence-electron chi connectivity index (χ2n) is 3.19. The monoisotopic (exact) mass is 143 g/mol. The Morgan fingerprint density at radius 3 is 3.00 bits per heavy atom. The van der Waals surface area contributed by atoms with Crippen LogP contribution in [0.2, 0.25) is 0 Å². The molecule has 2 atom stereocenters. The minimum atomic E-state index is 0.337. The summed E-state index contributed by atoms with van der Waals surface area (Å²) in [4.78, 5) is 0. The van der Waals surface area contributed by atoms with Gasteiger partial charge in [0, 0.05) is 12.6 Å². The van der Waals surface area contributed by atoms with Gasteiger partial charge in [0.05, 0.1) is 6.10 Å². The van der Waals surface area contributed by atoms with Crippen molar-refractivity contribution >= 4 is 0 Å². The molecule has 1 rings (SSSR count). The zero-order valence-electron chi connectivity index (χ0n) is 6.68. The van der Waals surface area contributed by atoms with Crippen molar-refractivity contribution in [2.24, 2.45) is 5.73 Å². The summed E-state index contributed by atoms with van der Waals surface area (Å²) in [6.07, 6.45) is 5.25. The van der Waals surface area contributed by atoms with Crippen LogP contribution in [0.3, 0.4) is 0 Å². The molecule has 1 aliphatic rings. The van der Waals surface area contributed by atoms with Crippen LogP contribution >= 0.6 is 0 Å². The van der Waals surface area contributed by atoms with E-state index < -0.39 is 0 Å². The van der Waals surface area contributed by atoms with Crippen LogP contribution in [0.25, 0.3) is 0 Å². The topological polar surface area (TPSA) is 35.2 Å². The van der Waals surface area contributed by atoms with Crippen molar-refractivity contribution in [2.75, 3.05) is 6.61 Å². The van der Waals surface area contributed by atoms with Crippen LogP contribution in [-0.4, -0.2) is 18.8 Å². The number of hydrogen-bond donors (Lipinski definition) is 1. The minimum absolute atomic E-state index is 0.337. The van der Waals surface area contributed by atoms with Crippen LogP contribution in [0, 0.1) is 0 Å². The fourth-order valence-electron chi connectivity index (χ4n) is 1.32. The molecule has 1 aliphatic heterocycles. The van der Waals surface area contributed by atoms with E-state index >= 15 is 0 Å².